The van der Waals surface area contributed by atoms with Crippen LogP contribution in [-0.4, -0.2) is 25.7 Å². The molecule has 0 aromatic heterocycles. The third-order valence-corrected chi connectivity index (χ3v) is 3.53. The third kappa shape index (κ3) is 3.71. The molecule has 21 heavy (non-hydrogen) atoms. The Morgan fingerprint density at radius 3 is 2.81 bits per heavy atom. The first-order chi connectivity index (χ1) is 9.77. The number of hydrogen-bond donors (Lipinski definition) is 2. The molecule has 8 heteroatoms. The average Bonchev–Trinajstić information content (AvgIpc) is 2.84. The Morgan fingerprint density at radius 1 is 1.48 bits per heavy atom. The predicted octanol–water partition coefficient (Wildman–Crippen LogP) is 1.05. The summed E-state index contributed by atoms with van der Waals surface area (Å²) >= 11 is 0. The van der Waals surface area contributed by atoms with Crippen molar-refractivity contribution in [2.75, 3.05) is 30.3 Å². The molecule has 1 amide bonds. The van der Waals surface area contributed by atoms with Gasteiger partial charge in [-0.2, -0.15) is 13.2 Å². The monoisotopic (exact) mass is 302 g/mol. The maximum atomic E-state index is 12.8. The van der Waals surface area contributed by atoms with Gasteiger partial charge in [-0.05, 0) is 30.5 Å². The molecule has 0 saturated carbocycles. The Bertz CT molecular complexity index is 534. The molecule has 3 N–H and O–H groups in total. The minimum atomic E-state index is -4.49. The van der Waals surface area contributed by atoms with E-state index in [0.717, 1.165) is 6.07 Å². The average molecular weight is 302 g/mol. The number of nitrogen functional groups attached to an aromatic ring is 1. The molecule has 1 aliphatic heterocycles. The van der Waals surface area contributed by atoms with Crippen LogP contribution < -0.4 is 21.1 Å². The molecule has 2 rings (SSSR count). The van der Waals surface area contributed by atoms with Gasteiger partial charge in [-0.25, -0.2) is 0 Å². The Hall–Kier alpha value is -2.12. The van der Waals surface area contributed by atoms with Crippen LogP contribution in [0.5, 0.6) is 0 Å². The van der Waals surface area contributed by atoms with Gasteiger partial charge in [0.15, 0.2) is 0 Å². The van der Waals surface area contributed by atoms with Crippen molar-refractivity contribution in [3.8, 4) is 0 Å². The normalized spacial score (nSPS) is 18.8. The van der Waals surface area contributed by atoms with Crippen molar-refractivity contribution in [3.05, 3.63) is 23.8 Å². The third-order valence-electron chi connectivity index (χ3n) is 3.53. The second kappa shape index (κ2) is 5.71. The van der Waals surface area contributed by atoms with Crippen LogP contribution in [0, 0.1) is 5.92 Å². The molecular weight excluding hydrogens is 287 g/mol. The number of benzene rings is 1. The fourth-order valence-corrected chi connectivity index (χ4v) is 2.45. The number of hydrogen-bond acceptors (Lipinski definition) is 4. The summed E-state index contributed by atoms with van der Waals surface area (Å²) in [4.78, 5) is 12.1. The molecule has 0 radical (unpaired) electrons. The van der Waals surface area contributed by atoms with Gasteiger partial charge in [0.1, 0.15) is 6.09 Å². The number of carbonyl (C=O) groups is 1. The highest BCUT2D eigenvalue weighted by atomic mass is 19.4. The molecule has 1 aliphatic rings. The van der Waals surface area contributed by atoms with Crippen LogP contribution in [0.2, 0.25) is 0 Å². The second-order valence-corrected chi connectivity index (χ2v) is 5.04. The van der Waals surface area contributed by atoms with E-state index in [2.05, 4.69) is 5.32 Å². The van der Waals surface area contributed by atoms with E-state index in [4.69, 9.17) is 5.73 Å². The Labute approximate surface area is 119 Å². The number of carboxylic acid groups (broad SMARTS) is 1. The highest BCUT2D eigenvalue weighted by Crippen LogP contribution is 2.36. The fraction of sp³-hybridized carbons (Fsp3) is 0.462. The Balaban J connectivity index is 2.08. The molecule has 0 spiro atoms. The zero-order valence-electron chi connectivity index (χ0n) is 11.1. The first-order valence-corrected chi connectivity index (χ1v) is 6.44. The summed E-state index contributed by atoms with van der Waals surface area (Å²) in [5, 5.41) is 12.5. The van der Waals surface area contributed by atoms with Gasteiger partial charge in [0.05, 0.1) is 5.56 Å². The fourth-order valence-electron chi connectivity index (χ4n) is 2.45. The quantitative estimate of drug-likeness (QED) is 0.818. The van der Waals surface area contributed by atoms with Gasteiger partial charge in [0.25, 0.3) is 0 Å². The van der Waals surface area contributed by atoms with Crippen molar-refractivity contribution in [1.82, 2.24) is 5.32 Å². The van der Waals surface area contributed by atoms with E-state index in [9.17, 15) is 23.1 Å². The lowest BCUT2D eigenvalue weighted by molar-refractivity contribution is -0.250. The number of carbonyl (C=O) groups excluding carboxylic acids is 1. The summed E-state index contributed by atoms with van der Waals surface area (Å²) < 4.78 is 38.5. The van der Waals surface area contributed by atoms with Crippen molar-refractivity contribution in [3.63, 3.8) is 0 Å². The van der Waals surface area contributed by atoms with E-state index < -0.39 is 17.8 Å². The van der Waals surface area contributed by atoms with Gasteiger partial charge in [-0.15, -0.1) is 0 Å². The van der Waals surface area contributed by atoms with Crippen LogP contribution in [0.1, 0.15) is 12.0 Å². The molecule has 1 aromatic rings. The molecule has 0 bridgehead atoms. The number of nitrogens with two attached hydrogens (primary N) is 1. The van der Waals surface area contributed by atoms with E-state index in [1.165, 1.54) is 6.07 Å². The summed E-state index contributed by atoms with van der Waals surface area (Å²) in [6.45, 7) is 1.29. The Kier molecular flexibility index (Phi) is 4.15. The van der Waals surface area contributed by atoms with Crippen LogP contribution in [0.25, 0.3) is 0 Å². The van der Waals surface area contributed by atoms with Crippen LogP contribution in [-0.2, 0) is 6.18 Å². The summed E-state index contributed by atoms with van der Waals surface area (Å²) in [7, 11) is 0. The number of amides is 1. The van der Waals surface area contributed by atoms with E-state index in [-0.39, 0.29) is 18.2 Å². The van der Waals surface area contributed by atoms with Crippen molar-refractivity contribution in [2.45, 2.75) is 12.6 Å². The lowest BCUT2D eigenvalue weighted by atomic mass is 10.1. The van der Waals surface area contributed by atoms with Crippen molar-refractivity contribution in [2.24, 2.45) is 5.92 Å². The molecule has 1 aromatic carbocycles. The summed E-state index contributed by atoms with van der Waals surface area (Å²) in [6, 6.07) is 3.81. The highest BCUT2D eigenvalue weighted by Gasteiger charge is 2.34. The number of rotatable bonds is 3. The van der Waals surface area contributed by atoms with Crippen LogP contribution in [0.4, 0.5) is 29.3 Å². The maximum absolute atomic E-state index is 12.8. The zero-order chi connectivity index (χ0) is 15.6. The SMILES string of the molecule is Nc1ccc(N2CCC(CNC(=O)[O-])C2)cc1C(F)(F)F. The molecule has 1 atom stereocenters. The topological polar surface area (TPSA) is 81.4 Å². The van der Waals surface area contributed by atoms with Gasteiger partial charge in [0, 0.05) is 31.0 Å². The molecule has 1 heterocycles. The van der Waals surface area contributed by atoms with Crippen LogP contribution in [0.15, 0.2) is 18.2 Å². The van der Waals surface area contributed by atoms with Gasteiger partial charge in [0.2, 0.25) is 0 Å². The van der Waals surface area contributed by atoms with Crippen LogP contribution >= 0.6 is 0 Å². The number of nitrogens with one attached hydrogen (secondary N) is 1. The van der Waals surface area contributed by atoms with Crippen LogP contribution in [0.3, 0.4) is 0 Å². The highest BCUT2D eigenvalue weighted by molar-refractivity contribution is 5.62. The minimum Gasteiger partial charge on any atom is -0.530 e. The van der Waals surface area contributed by atoms with E-state index in [1.54, 1.807) is 11.0 Å². The lowest BCUT2D eigenvalue weighted by Gasteiger charge is -2.21. The molecular formula is C13H15F3N3O2-. The molecule has 5 nitrogen and oxygen atoms in total. The van der Waals surface area contributed by atoms with Gasteiger partial charge >= 0.3 is 6.18 Å². The van der Waals surface area contributed by atoms with Gasteiger partial charge in [-0.1, -0.05) is 0 Å². The van der Waals surface area contributed by atoms with Crippen molar-refractivity contribution < 1.29 is 23.1 Å². The number of anilines is 2. The smallest absolute Gasteiger partial charge is 0.418 e. The largest absolute Gasteiger partial charge is 0.530 e. The first-order valence-electron chi connectivity index (χ1n) is 6.44. The van der Waals surface area contributed by atoms with Crippen molar-refractivity contribution >= 4 is 17.5 Å². The number of nitrogens with zero attached hydrogens (tertiary/aromatic N) is 1. The van der Waals surface area contributed by atoms with E-state index >= 15 is 0 Å². The Morgan fingerprint density at radius 2 is 2.19 bits per heavy atom. The summed E-state index contributed by atoms with van der Waals surface area (Å²) in [5.41, 5.74) is 4.64. The number of halogens is 3. The number of alkyl halides is 3. The summed E-state index contributed by atoms with van der Waals surface area (Å²) in [5.74, 6) is 0.0507. The first kappa shape index (κ1) is 15.3. The van der Waals surface area contributed by atoms with Gasteiger partial charge < -0.3 is 25.9 Å². The zero-order valence-corrected chi connectivity index (χ0v) is 11.1. The molecule has 1 unspecified atom stereocenters. The van der Waals surface area contributed by atoms with E-state index in [0.29, 0.717) is 25.2 Å². The lowest BCUT2D eigenvalue weighted by Crippen LogP contribution is -2.39. The maximum Gasteiger partial charge on any atom is 0.418 e. The van der Waals surface area contributed by atoms with Gasteiger partial charge in [-0.3, -0.25) is 0 Å². The minimum absolute atomic E-state index is 0.0507. The molecule has 0 aliphatic carbocycles. The predicted molar refractivity (Wildman–Crippen MR) is 69.6 cm³/mol. The standard InChI is InChI=1S/C13H16F3N3O2/c14-13(15,16)10-5-9(1-2-11(10)17)19-4-3-8(7-19)6-18-12(20)21/h1-2,5,8,18H,3-4,6-7,17H2,(H,20,21)/p-1. The second-order valence-electron chi connectivity index (χ2n) is 5.04. The summed E-state index contributed by atoms with van der Waals surface area (Å²) in [6.07, 6.45) is -5.14. The molecule has 1 fully saturated rings. The molecule has 1 saturated heterocycles. The van der Waals surface area contributed by atoms with Crippen molar-refractivity contribution in [1.29, 1.82) is 0 Å². The van der Waals surface area contributed by atoms with E-state index in [1.807, 2.05) is 0 Å². The molecule has 116 valence electrons.